The minimum Gasteiger partial charge on any atom is -0.464 e. The van der Waals surface area contributed by atoms with Gasteiger partial charge in [-0.05, 0) is 48.5 Å². The van der Waals surface area contributed by atoms with Crippen molar-refractivity contribution in [3.8, 4) is 11.3 Å². The molecular formula is C21H14ClFN4O2. The van der Waals surface area contributed by atoms with Gasteiger partial charge in [0.25, 0.3) is 0 Å². The fraction of sp³-hybridized carbons (Fsp3) is 0.0476. The normalized spacial score (nSPS) is 10.7. The average molecular weight is 409 g/mol. The van der Waals surface area contributed by atoms with Crippen LogP contribution in [0.3, 0.4) is 0 Å². The van der Waals surface area contributed by atoms with Gasteiger partial charge < -0.3 is 10.1 Å². The summed E-state index contributed by atoms with van der Waals surface area (Å²) in [6.07, 6.45) is 3.10. The molecule has 0 bridgehead atoms. The first-order valence-electron chi connectivity index (χ1n) is 8.58. The Morgan fingerprint density at radius 3 is 2.79 bits per heavy atom. The standard InChI is InChI=1S/C21H14ClFN4O2/c1-29-21(28)19-10-13(6-8-24-19)26-17-11-18(15-9-12(22)4-5-16(15)23)27-20-14(17)3-2-7-25-20/h2-11H,1H3,(H,24,25,26,27). The summed E-state index contributed by atoms with van der Waals surface area (Å²) < 4.78 is 19.1. The number of hydrogen-bond acceptors (Lipinski definition) is 6. The number of carbonyl (C=O) groups is 1. The van der Waals surface area contributed by atoms with Gasteiger partial charge in [0, 0.05) is 34.1 Å². The Kier molecular flexibility index (Phi) is 5.05. The maximum atomic E-state index is 14.4. The van der Waals surface area contributed by atoms with E-state index in [0.717, 1.165) is 5.39 Å². The maximum absolute atomic E-state index is 14.4. The number of esters is 1. The molecule has 4 aromatic rings. The second kappa shape index (κ2) is 7.81. The number of carbonyl (C=O) groups excluding carboxylic acids is 1. The summed E-state index contributed by atoms with van der Waals surface area (Å²) in [7, 11) is 1.29. The molecule has 29 heavy (non-hydrogen) atoms. The van der Waals surface area contributed by atoms with Crippen LogP contribution in [0.1, 0.15) is 10.5 Å². The molecule has 1 N–H and O–H groups in total. The third-order valence-electron chi connectivity index (χ3n) is 4.22. The Morgan fingerprint density at radius 2 is 1.97 bits per heavy atom. The van der Waals surface area contributed by atoms with E-state index in [-0.39, 0.29) is 11.3 Å². The van der Waals surface area contributed by atoms with Crippen molar-refractivity contribution in [2.24, 2.45) is 0 Å². The maximum Gasteiger partial charge on any atom is 0.356 e. The Labute approximate surface area is 170 Å². The highest BCUT2D eigenvalue weighted by atomic mass is 35.5. The highest BCUT2D eigenvalue weighted by Gasteiger charge is 2.14. The van der Waals surface area contributed by atoms with E-state index in [4.69, 9.17) is 16.3 Å². The third-order valence-corrected chi connectivity index (χ3v) is 4.46. The van der Waals surface area contributed by atoms with E-state index in [1.54, 1.807) is 30.5 Å². The lowest BCUT2D eigenvalue weighted by Crippen LogP contribution is -2.05. The molecule has 0 saturated heterocycles. The van der Waals surface area contributed by atoms with E-state index in [2.05, 4.69) is 20.3 Å². The second-order valence-electron chi connectivity index (χ2n) is 6.10. The zero-order valence-corrected chi connectivity index (χ0v) is 15.9. The van der Waals surface area contributed by atoms with Crippen LogP contribution in [0.25, 0.3) is 22.3 Å². The van der Waals surface area contributed by atoms with Crippen molar-refractivity contribution in [3.63, 3.8) is 0 Å². The molecule has 0 atom stereocenters. The number of benzene rings is 1. The van der Waals surface area contributed by atoms with Crippen LogP contribution < -0.4 is 5.32 Å². The van der Waals surface area contributed by atoms with Crippen molar-refractivity contribution in [3.05, 3.63) is 77.5 Å². The molecule has 0 unspecified atom stereocenters. The van der Waals surface area contributed by atoms with Gasteiger partial charge in [-0.1, -0.05) is 11.6 Å². The topological polar surface area (TPSA) is 77.0 Å². The number of ether oxygens (including phenoxy) is 1. The van der Waals surface area contributed by atoms with Crippen molar-refractivity contribution >= 4 is 40.0 Å². The second-order valence-corrected chi connectivity index (χ2v) is 6.54. The summed E-state index contributed by atoms with van der Waals surface area (Å²) in [5.74, 6) is -0.989. The van der Waals surface area contributed by atoms with Crippen LogP contribution in [0.4, 0.5) is 15.8 Å². The Bertz CT molecular complexity index is 1230. The molecule has 0 radical (unpaired) electrons. The van der Waals surface area contributed by atoms with Gasteiger partial charge in [-0.3, -0.25) is 0 Å². The van der Waals surface area contributed by atoms with Crippen molar-refractivity contribution in [1.82, 2.24) is 15.0 Å². The third kappa shape index (κ3) is 3.86. The Balaban J connectivity index is 1.84. The largest absolute Gasteiger partial charge is 0.464 e. The van der Waals surface area contributed by atoms with Crippen molar-refractivity contribution < 1.29 is 13.9 Å². The van der Waals surface area contributed by atoms with E-state index < -0.39 is 11.8 Å². The Hall–Kier alpha value is -3.58. The van der Waals surface area contributed by atoms with Crippen LogP contribution in [-0.4, -0.2) is 28.0 Å². The molecule has 8 heteroatoms. The lowest BCUT2D eigenvalue weighted by atomic mass is 10.1. The summed E-state index contributed by atoms with van der Waals surface area (Å²) in [5, 5.41) is 4.36. The zero-order valence-electron chi connectivity index (χ0n) is 15.2. The fourth-order valence-corrected chi connectivity index (χ4v) is 3.04. The predicted molar refractivity (Wildman–Crippen MR) is 109 cm³/mol. The van der Waals surface area contributed by atoms with Gasteiger partial charge in [0.05, 0.1) is 18.5 Å². The van der Waals surface area contributed by atoms with Crippen LogP contribution in [0.2, 0.25) is 5.02 Å². The number of aromatic nitrogens is 3. The molecule has 0 aliphatic rings. The molecule has 0 aliphatic heterocycles. The molecule has 144 valence electrons. The molecule has 0 spiro atoms. The average Bonchev–Trinajstić information content (AvgIpc) is 2.75. The number of anilines is 2. The summed E-state index contributed by atoms with van der Waals surface area (Å²) in [6.45, 7) is 0. The summed E-state index contributed by atoms with van der Waals surface area (Å²) in [6, 6.07) is 12.9. The molecule has 3 heterocycles. The fourth-order valence-electron chi connectivity index (χ4n) is 2.87. The number of hydrogen-bond donors (Lipinski definition) is 1. The highest BCUT2D eigenvalue weighted by Crippen LogP contribution is 2.32. The molecule has 0 fully saturated rings. The van der Waals surface area contributed by atoms with Crippen molar-refractivity contribution in [2.45, 2.75) is 0 Å². The van der Waals surface area contributed by atoms with Gasteiger partial charge in [0.2, 0.25) is 0 Å². The molecular weight excluding hydrogens is 395 g/mol. The zero-order chi connectivity index (χ0) is 20.4. The van der Waals surface area contributed by atoms with Crippen LogP contribution in [0.15, 0.2) is 60.9 Å². The van der Waals surface area contributed by atoms with Gasteiger partial charge in [-0.2, -0.15) is 0 Å². The summed E-state index contributed by atoms with van der Waals surface area (Å²) >= 11 is 6.04. The lowest BCUT2D eigenvalue weighted by Gasteiger charge is -2.12. The number of nitrogens with one attached hydrogen (secondary N) is 1. The van der Waals surface area contributed by atoms with Crippen LogP contribution in [0, 0.1) is 5.82 Å². The lowest BCUT2D eigenvalue weighted by molar-refractivity contribution is 0.0594. The van der Waals surface area contributed by atoms with Gasteiger partial charge in [0.1, 0.15) is 11.5 Å². The SMILES string of the molecule is COC(=O)c1cc(Nc2cc(-c3cc(Cl)ccc3F)nc3ncccc23)ccn1. The first-order chi connectivity index (χ1) is 14.0. The molecule has 1 aromatic carbocycles. The van der Waals surface area contributed by atoms with Crippen molar-refractivity contribution in [2.75, 3.05) is 12.4 Å². The first-order valence-corrected chi connectivity index (χ1v) is 8.95. The predicted octanol–water partition coefficient (Wildman–Crippen LogP) is 5.01. The minimum atomic E-state index is -0.545. The quantitative estimate of drug-likeness (QED) is 0.478. The molecule has 0 aliphatic carbocycles. The number of nitrogens with zero attached hydrogens (tertiary/aromatic N) is 3. The number of methoxy groups -OCH3 is 1. The monoisotopic (exact) mass is 408 g/mol. The highest BCUT2D eigenvalue weighted by molar-refractivity contribution is 6.30. The molecule has 0 amide bonds. The van der Waals surface area contributed by atoms with Gasteiger partial charge in [-0.15, -0.1) is 0 Å². The minimum absolute atomic E-state index is 0.162. The summed E-state index contributed by atoms with van der Waals surface area (Å²) in [4.78, 5) is 24.5. The first kappa shape index (κ1) is 18.8. The molecule has 4 rings (SSSR count). The number of rotatable bonds is 4. The van der Waals surface area contributed by atoms with Crippen LogP contribution >= 0.6 is 11.6 Å². The van der Waals surface area contributed by atoms with Gasteiger partial charge in [0.15, 0.2) is 5.65 Å². The molecule has 6 nitrogen and oxygen atoms in total. The number of pyridine rings is 3. The van der Waals surface area contributed by atoms with Gasteiger partial charge >= 0.3 is 5.97 Å². The van der Waals surface area contributed by atoms with E-state index in [0.29, 0.717) is 27.7 Å². The van der Waals surface area contributed by atoms with E-state index in [1.807, 2.05) is 6.07 Å². The van der Waals surface area contributed by atoms with E-state index in [1.165, 1.54) is 31.5 Å². The summed E-state index contributed by atoms with van der Waals surface area (Å²) in [5.41, 5.74) is 2.48. The van der Waals surface area contributed by atoms with Crippen LogP contribution in [0.5, 0.6) is 0 Å². The molecule has 0 saturated carbocycles. The molecule has 3 aromatic heterocycles. The number of fused-ring (bicyclic) bond motifs is 1. The van der Waals surface area contributed by atoms with Crippen LogP contribution in [-0.2, 0) is 4.74 Å². The van der Waals surface area contributed by atoms with E-state index in [9.17, 15) is 9.18 Å². The smallest absolute Gasteiger partial charge is 0.356 e. The number of halogens is 2. The van der Waals surface area contributed by atoms with Gasteiger partial charge in [-0.25, -0.2) is 24.1 Å². The van der Waals surface area contributed by atoms with Crippen molar-refractivity contribution in [1.29, 1.82) is 0 Å². The van der Waals surface area contributed by atoms with E-state index >= 15 is 0 Å². The Morgan fingerprint density at radius 1 is 1.10 bits per heavy atom.